The Hall–Kier alpha value is -0.980. The maximum atomic E-state index is 13.2. The smallest absolute Gasteiger partial charge is 0.200 e. The van der Waals surface area contributed by atoms with Crippen LogP contribution in [0.3, 0.4) is 0 Å². The molecule has 1 rings (SSSR count). The lowest BCUT2D eigenvalue weighted by Gasteiger charge is -2.16. The molecule has 0 radical (unpaired) electrons. The van der Waals surface area contributed by atoms with E-state index in [9.17, 15) is 22.0 Å². The molecule has 1 aromatic rings. The molecular weight excluding hydrogens is 261 g/mol. The summed E-state index contributed by atoms with van der Waals surface area (Å²) in [6.45, 7) is 1.58. The van der Waals surface area contributed by atoms with E-state index in [0.717, 1.165) is 0 Å². The van der Waals surface area contributed by atoms with Crippen LogP contribution in [0.25, 0.3) is 0 Å². The van der Waals surface area contributed by atoms with E-state index in [0.29, 0.717) is 5.75 Å². The third-order valence-corrected chi connectivity index (χ3v) is 2.85. The van der Waals surface area contributed by atoms with E-state index in [1.54, 1.807) is 13.2 Å². The standard InChI is InChI=1S/C10H10F5NS/c1-4(3-17-2)16-10-8(14)6(12)5(11)7(13)9(10)15/h4,16H,3H2,1-2H3. The molecule has 0 aliphatic carbocycles. The molecule has 0 spiro atoms. The molecule has 1 nitrogen and oxygen atoms in total. The lowest BCUT2D eigenvalue weighted by molar-refractivity contribution is 0.381. The van der Waals surface area contributed by atoms with Gasteiger partial charge in [0.2, 0.25) is 5.82 Å². The monoisotopic (exact) mass is 271 g/mol. The molecule has 96 valence electrons. The molecule has 1 unspecified atom stereocenters. The van der Waals surface area contributed by atoms with Crippen LogP contribution in [0.4, 0.5) is 27.6 Å². The van der Waals surface area contributed by atoms with Crippen molar-refractivity contribution in [2.45, 2.75) is 13.0 Å². The quantitative estimate of drug-likeness (QED) is 0.510. The third kappa shape index (κ3) is 2.83. The van der Waals surface area contributed by atoms with E-state index in [-0.39, 0.29) is 0 Å². The van der Waals surface area contributed by atoms with Gasteiger partial charge < -0.3 is 5.32 Å². The summed E-state index contributed by atoms with van der Waals surface area (Å²) in [7, 11) is 0. The minimum atomic E-state index is -2.15. The zero-order valence-corrected chi connectivity index (χ0v) is 9.90. The van der Waals surface area contributed by atoms with Gasteiger partial charge in [-0.1, -0.05) is 0 Å². The highest BCUT2D eigenvalue weighted by molar-refractivity contribution is 7.98. The van der Waals surface area contributed by atoms with Crippen LogP contribution in [-0.4, -0.2) is 18.1 Å². The van der Waals surface area contributed by atoms with Gasteiger partial charge in [-0.3, -0.25) is 0 Å². The van der Waals surface area contributed by atoms with Gasteiger partial charge >= 0.3 is 0 Å². The highest BCUT2D eigenvalue weighted by Crippen LogP contribution is 2.27. The van der Waals surface area contributed by atoms with Gasteiger partial charge in [0.15, 0.2) is 23.3 Å². The second kappa shape index (κ2) is 5.57. The fourth-order valence-corrected chi connectivity index (χ4v) is 1.85. The normalized spacial score (nSPS) is 12.6. The molecule has 0 heterocycles. The number of hydrogen-bond donors (Lipinski definition) is 1. The number of hydrogen-bond acceptors (Lipinski definition) is 2. The molecule has 0 saturated carbocycles. The molecule has 0 saturated heterocycles. The van der Waals surface area contributed by atoms with Crippen molar-refractivity contribution < 1.29 is 22.0 Å². The first-order chi connectivity index (χ1) is 7.90. The van der Waals surface area contributed by atoms with E-state index in [1.807, 2.05) is 0 Å². The molecule has 7 heteroatoms. The van der Waals surface area contributed by atoms with Crippen molar-refractivity contribution in [3.63, 3.8) is 0 Å². The summed E-state index contributed by atoms with van der Waals surface area (Å²) in [5.41, 5.74) is -0.983. The predicted molar refractivity (Wildman–Crippen MR) is 57.7 cm³/mol. The van der Waals surface area contributed by atoms with Crippen molar-refractivity contribution in [3.05, 3.63) is 29.1 Å². The molecule has 1 N–H and O–H groups in total. The first-order valence-electron chi connectivity index (χ1n) is 4.67. The summed E-state index contributed by atoms with van der Waals surface area (Å²) in [6, 6.07) is -0.418. The van der Waals surface area contributed by atoms with Gasteiger partial charge in [-0.15, -0.1) is 0 Å². The van der Waals surface area contributed by atoms with Crippen LogP contribution in [0.15, 0.2) is 0 Å². The Morgan fingerprint density at radius 2 is 1.35 bits per heavy atom. The van der Waals surface area contributed by atoms with Crippen LogP contribution < -0.4 is 5.32 Å². The molecule has 1 atom stereocenters. The topological polar surface area (TPSA) is 12.0 Å². The van der Waals surface area contributed by atoms with Crippen LogP contribution in [0, 0.1) is 29.1 Å². The SMILES string of the molecule is CSCC(C)Nc1c(F)c(F)c(F)c(F)c1F. The third-order valence-electron chi connectivity index (χ3n) is 2.02. The van der Waals surface area contributed by atoms with Gasteiger partial charge in [0.25, 0.3) is 0 Å². The molecule has 17 heavy (non-hydrogen) atoms. The Kier molecular flexibility index (Phi) is 4.62. The maximum absolute atomic E-state index is 13.2. The Balaban J connectivity index is 3.16. The Bertz CT molecular complexity index is 395. The highest BCUT2D eigenvalue weighted by Gasteiger charge is 2.26. The predicted octanol–water partition coefficient (Wildman–Crippen LogP) is 3.55. The van der Waals surface area contributed by atoms with Crippen LogP contribution in [-0.2, 0) is 0 Å². The molecule has 0 amide bonds. The largest absolute Gasteiger partial charge is 0.377 e. The summed E-state index contributed by atoms with van der Waals surface area (Å²) in [5.74, 6) is -9.24. The summed E-state index contributed by atoms with van der Waals surface area (Å²) < 4.78 is 64.8. The summed E-state index contributed by atoms with van der Waals surface area (Å²) in [5, 5.41) is 2.27. The Labute approximate surface area is 99.4 Å². The zero-order chi connectivity index (χ0) is 13.2. The fourth-order valence-electron chi connectivity index (χ4n) is 1.27. The number of nitrogens with one attached hydrogen (secondary N) is 1. The van der Waals surface area contributed by atoms with Gasteiger partial charge in [-0.05, 0) is 13.2 Å². The number of benzene rings is 1. The molecule has 0 fully saturated rings. The van der Waals surface area contributed by atoms with Crippen molar-refractivity contribution in [2.75, 3.05) is 17.3 Å². The van der Waals surface area contributed by atoms with Crippen molar-refractivity contribution in [3.8, 4) is 0 Å². The number of halogens is 5. The zero-order valence-electron chi connectivity index (χ0n) is 9.08. The minimum Gasteiger partial charge on any atom is -0.377 e. The van der Waals surface area contributed by atoms with Crippen molar-refractivity contribution in [2.24, 2.45) is 0 Å². The van der Waals surface area contributed by atoms with Gasteiger partial charge in [0.05, 0.1) is 0 Å². The number of anilines is 1. The van der Waals surface area contributed by atoms with Crippen LogP contribution >= 0.6 is 11.8 Å². The Morgan fingerprint density at radius 1 is 0.941 bits per heavy atom. The summed E-state index contributed by atoms with van der Waals surface area (Å²) >= 11 is 1.38. The molecule has 1 aromatic carbocycles. The number of rotatable bonds is 4. The molecule has 0 aliphatic rings. The molecule has 0 aromatic heterocycles. The Morgan fingerprint density at radius 3 is 1.76 bits per heavy atom. The highest BCUT2D eigenvalue weighted by atomic mass is 32.2. The second-order valence-electron chi connectivity index (χ2n) is 3.45. The number of thioether (sulfide) groups is 1. The van der Waals surface area contributed by atoms with Gasteiger partial charge in [-0.25, -0.2) is 22.0 Å². The van der Waals surface area contributed by atoms with Gasteiger partial charge in [0, 0.05) is 11.8 Å². The van der Waals surface area contributed by atoms with Crippen LogP contribution in [0.5, 0.6) is 0 Å². The van der Waals surface area contributed by atoms with Gasteiger partial charge in [-0.2, -0.15) is 11.8 Å². The van der Waals surface area contributed by atoms with E-state index >= 15 is 0 Å². The second-order valence-corrected chi connectivity index (χ2v) is 4.36. The molecular formula is C10H10F5NS. The fraction of sp³-hybridized carbons (Fsp3) is 0.400. The maximum Gasteiger partial charge on any atom is 0.200 e. The van der Waals surface area contributed by atoms with Crippen molar-refractivity contribution >= 4 is 17.4 Å². The first kappa shape index (κ1) is 14.1. The van der Waals surface area contributed by atoms with Crippen molar-refractivity contribution in [1.29, 1.82) is 0 Å². The summed E-state index contributed by atoms with van der Waals surface area (Å²) in [4.78, 5) is 0. The van der Waals surface area contributed by atoms with E-state index in [1.165, 1.54) is 11.8 Å². The lowest BCUT2D eigenvalue weighted by Crippen LogP contribution is -2.21. The first-order valence-corrected chi connectivity index (χ1v) is 6.06. The summed E-state index contributed by atoms with van der Waals surface area (Å²) in [6.07, 6.45) is 1.76. The van der Waals surface area contributed by atoms with E-state index in [4.69, 9.17) is 0 Å². The average Bonchev–Trinajstić information content (AvgIpc) is 2.30. The lowest BCUT2D eigenvalue weighted by atomic mass is 10.2. The molecule has 0 aliphatic heterocycles. The minimum absolute atomic E-state index is 0.418. The van der Waals surface area contributed by atoms with Crippen molar-refractivity contribution in [1.82, 2.24) is 0 Å². The molecule has 0 bridgehead atoms. The van der Waals surface area contributed by atoms with Crippen LogP contribution in [0.1, 0.15) is 6.92 Å². The van der Waals surface area contributed by atoms with Gasteiger partial charge in [0.1, 0.15) is 5.69 Å². The average molecular weight is 271 g/mol. The van der Waals surface area contributed by atoms with E-state index in [2.05, 4.69) is 5.32 Å². The van der Waals surface area contributed by atoms with E-state index < -0.39 is 40.8 Å². The van der Waals surface area contributed by atoms with Crippen LogP contribution in [0.2, 0.25) is 0 Å².